The Morgan fingerprint density at radius 1 is 0.970 bits per heavy atom. The molecule has 8 bridgehead atoms. The van der Waals surface area contributed by atoms with Crippen LogP contribution in [0.2, 0.25) is 0 Å². The number of aromatic nitrogens is 4. The lowest BCUT2D eigenvalue weighted by atomic mass is 9.91. The molecular formula is C25H27BrN6O. The summed E-state index contributed by atoms with van der Waals surface area (Å²) in [4.78, 5) is 14.1. The Kier molecular flexibility index (Phi) is 5.62. The fraction of sp³-hybridized carbons (Fsp3) is 0.440. The van der Waals surface area contributed by atoms with Crippen LogP contribution in [-0.2, 0) is 0 Å². The molecule has 7 nitrogen and oxygen atoms in total. The van der Waals surface area contributed by atoms with E-state index in [4.69, 9.17) is 9.40 Å². The van der Waals surface area contributed by atoms with E-state index >= 15 is 0 Å². The van der Waals surface area contributed by atoms with Gasteiger partial charge in [0.15, 0.2) is 0 Å². The summed E-state index contributed by atoms with van der Waals surface area (Å²) in [6, 6.07) is 8.09. The van der Waals surface area contributed by atoms with E-state index in [0.29, 0.717) is 23.4 Å². The lowest BCUT2D eigenvalue weighted by Crippen LogP contribution is -2.36. The van der Waals surface area contributed by atoms with Crippen LogP contribution in [0, 0.1) is 11.8 Å². The van der Waals surface area contributed by atoms with E-state index in [0.717, 1.165) is 66.6 Å². The molecule has 3 aromatic rings. The average molecular weight is 507 g/mol. The molecule has 1 unspecified atom stereocenters. The van der Waals surface area contributed by atoms with Crippen molar-refractivity contribution in [2.24, 2.45) is 11.8 Å². The normalized spacial score (nSPS) is 23.5. The van der Waals surface area contributed by atoms with Crippen LogP contribution in [0.15, 0.2) is 51.5 Å². The fourth-order valence-corrected chi connectivity index (χ4v) is 5.57. The summed E-state index contributed by atoms with van der Waals surface area (Å²) < 4.78 is 7.21. The highest BCUT2D eigenvalue weighted by molar-refractivity contribution is 9.10. The minimum atomic E-state index is 0.427. The zero-order chi connectivity index (χ0) is 22.2. The van der Waals surface area contributed by atoms with E-state index in [1.165, 1.54) is 19.3 Å². The smallest absolute Gasteiger partial charge is 0.266 e. The third kappa shape index (κ3) is 4.28. The molecule has 33 heavy (non-hydrogen) atoms. The first-order chi connectivity index (χ1) is 16.2. The van der Waals surface area contributed by atoms with Gasteiger partial charge in [-0.05, 0) is 68.2 Å². The minimum absolute atomic E-state index is 0.427. The largest absolute Gasteiger partial charge is 0.415 e. The van der Waals surface area contributed by atoms with Gasteiger partial charge in [0.1, 0.15) is 5.69 Å². The predicted octanol–water partition coefficient (Wildman–Crippen LogP) is 5.35. The maximum Gasteiger partial charge on any atom is 0.266 e. The molecule has 1 atom stereocenters. The number of hydrogen-bond donors (Lipinski definition) is 0. The zero-order valence-electron chi connectivity index (χ0n) is 18.5. The summed E-state index contributed by atoms with van der Waals surface area (Å²) in [5, 5.41) is 8.74. The first kappa shape index (κ1) is 20.8. The summed E-state index contributed by atoms with van der Waals surface area (Å²) in [6.45, 7) is 4.00. The zero-order valence-corrected chi connectivity index (χ0v) is 20.1. The number of piperidine rings is 2. The van der Waals surface area contributed by atoms with Crippen LogP contribution in [0.1, 0.15) is 32.1 Å². The number of hydrogen-bond acceptors (Lipinski definition) is 7. The van der Waals surface area contributed by atoms with Crippen LogP contribution in [0.5, 0.6) is 0 Å². The third-order valence-electron chi connectivity index (χ3n) is 7.05. The van der Waals surface area contributed by atoms with Crippen molar-refractivity contribution in [3.63, 3.8) is 0 Å². The molecule has 4 aliphatic heterocycles. The van der Waals surface area contributed by atoms with Gasteiger partial charge >= 0.3 is 0 Å². The second-order valence-corrected chi connectivity index (χ2v) is 10.2. The fourth-order valence-electron chi connectivity index (χ4n) is 5.22. The Morgan fingerprint density at radius 2 is 1.85 bits per heavy atom. The van der Waals surface area contributed by atoms with Gasteiger partial charge in [0, 0.05) is 36.8 Å². The lowest BCUT2D eigenvalue weighted by Gasteiger charge is -2.34. The average Bonchev–Trinajstić information content (AvgIpc) is 3.34. The van der Waals surface area contributed by atoms with E-state index in [2.05, 4.69) is 65.2 Å². The van der Waals surface area contributed by atoms with Crippen LogP contribution in [0.3, 0.4) is 0 Å². The van der Waals surface area contributed by atoms with Crippen LogP contribution in [0.4, 0.5) is 11.6 Å². The molecule has 0 spiro atoms. The summed E-state index contributed by atoms with van der Waals surface area (Å²) in [5.74, 6) is 2.97. The molecule has 0 saturated carbocycles. The van der Waals surface area contributed by atoms with Gasteiger partial charge in [-0.25, -0.2) is 9.97 Å². The maximum atomic E-state index is 6.16. The molecule has 8 heteroatoms. The minimum Gasteiger partial charge on any atom is -0.415 e. The molecule has 0 amide bonds. The number of halogens is 1. The van der Waals surface area contributed by atoms with Crippen LogP contribution in [0.25, 0.3) is 23.0 Å². The summed E-state index contributed by atoms with van der Waals surface area (Å²) in [6.07, 6.45) is 12.6. The van der Waals surface area contributed by atoms with Crippen molar-refractivity contribution >= 4 is 27.6 Å². The van der Waals surface area contributed by atoms with Crippen molar-refractivity contribution in [3.8, 4) is 23.0 Å². The third-order valence-corrected chi connectivity index (χ3v) is 7.54. The Labute approximate surface area is 202 Å². The molecule has 2 saturated heterocycles. The van der Waals surface area contributed by atoms with Crippen molar-refractivity contribution < 1.29 is 4.42 Å². The van der Waals surface area contributed by atoms with E-state index in [9.17, 15) is 0 Å². The van der Waals surface area contributed by atoms with Gasteiger partial charge in [-0.15, -0.1) is 10.2 Å². The summed E-state index contributed by atoms with van der Waals surface area (Å²) in [7, 11) is 0. The summed E-state index contributed by atoms with van der Waals surface area (Å²) in [5.41, 5.74) is 2.76. The van der Waals surface area contributed by atoms with E-state index < -0.39 is 0 Å². The van der Waals surface area contributed by atoms with Crippen molar-refractivity contribution in [1.82, 2.24) is 20.2 Å². The summed E-state index contributed by atoms with van der Waals surface area (Å²) >= 11 is 3.65. The Hall–Kier alpha value is -2.74. The van der Waals surface area contributed by atoms with Crippen molar-refractivity contribution in [2.75, 3.05) is 36.0 Å². The predicted molar refractivity (Wildman–Crippen MR) is 132 cm³/mol. The highest BCUT2D eigenvalue weighted by Gasteiger charge is 2.25. The molecule has 170 valence electrons. The van der Waals surface area contributed by atoms with Gasteiger partial charge in [-0.2, -0.15) is 0 Å². The van der Waals surface area contributed by atoms with Gasteiger partial charge in [0.2, 0.25) is 11.8 Å². The molecule has 0 radical (unpaired) electrons. The van der Waals surface area contributed by atoms with Gasteiger partial charge in [-0.3, -0.25) is 0 Å². The van der Waals surface area contributed by atoms with Crippen molar-refractivity contribution in [1.29, 1.82) is 0 Å². The van der Waals surface area contributed by atoms with Crippen LogP contribution in [-0.4, -0.2) is 46.3 Å². The molecule has 6 heterocycles. The van der Waals surface area contributed by atoms with Gasteiger partial charge in [-0.1, -0.05) is 28.1 Å². The molecule has 4 aliphatic rings. The molecule has 7 rings (SSSR count). The highest BCUT2D eigenvalue weighted by atomic mass is 79.9. The number of fused-ring (bicyclic) bond motifs is 3. The van der Waals surface area contributed by atoms with E-state index in [1.54, 1.807) is 6.20 Å². The van der Waals surface area contributed by atoms with Crippen LogP contribution >= 0.6 is 15.9 Å². The second kappa shape index (κ2) is 8.89. The van der Waals surface area contributed by atoms with Gasteiger partial charge in [0.25, 0.3) is 5.89 Å². The number of nitrogens with zero attached hydrogens (tertiary/aromatic N) is 6. The standard InChI is InChI=1S/C25H27BrN6O/c26-19-6-7-20-22(15-19)31-13-9-17(10-14-31)3-1-4-18-5-2-12-32(16-18)25-27-11-8-21(28-25)24-30-29-23(20)33-24/h1,4,6-8,11,15,17-18H,2-3,5,9-10,12-14,16H2/b4-1-. The number of anilines is 2. The highest BCUT2D eigenvalue weighted by Crippen LogP contribution is 2.36. The quantitative estimate of drug-likeness (QED) is 0.380. The lowest BCUT2D eigenvalue weighted by molar-refractivity contribution is 0.407. The molecule has 0 N–H and O–H groups in total. The van der Waals surface area contributed by atoms with Gasteiger partial charge < -0.3 is 14.2 Å². The van der Waals surface area contributed by atoms with E-state index in [1.807, 2.05) is 12.1 Å². The van der Waals surface area contributed by atoms with Crippen molar-refractivity contribution in [3.05, 3.63) is 47.1 Å². The molecule has 2 fully saturated rings. The first-order valence-electron chi connectivity index (χ1n) is 11.9. The Balaban J connectivity index is 1.42. The number of rotatable bonds is 0. The Morgan fingerprint density at radius 3 is 2.76 bits per heavy atom. The first-order valence-corrected chi connectivity index (χ1v) is 12.7. The van der Waals surface area contributed by atoms with E-state index in [-0.39, 0.29) is 0 Å². The van der Waals surface area contributed by atoms with Gasteiger partial charge in [0.05, 0.1) is 11.3 Å². The topological polar surface area (TPSA) is 71.2 Å². The molecule has 2 aromatic heterocycles. The van der Waals surface area contributed by atoms with Crippen molar-refractivity contribution in [2.45, 2.75) is 32.1 Å². The number of benzene rings is 1. The maximum absolute atomic E-state index is 6.16. The SMILES string of the molecule is Brc1ccc2c(c1)N1CCC(C/C=C\C3CCCN(C3)c3nccc(n3)-c3nnc-2o3)CC1. The molecule has 1 aromatic carbocycles. The molecular weight excluding hydrogens is 480 g/mol. The van der Waals surface area contributed by atoms with Crippen LogP contribution < -0.4 is 9.80 Å². The number of allylic oxidation sites excluding steroid dienone is 1. The molecule has 0 aliphatic carbocycles. The monoisotopic (exact) mass is 506 g/mol. The Bertz CT molecular complexity index is 1170. The second-order valence-electron chi connectivity index (χ2n) is 9.26.